The minimum Gasteiger partial charge on any atom is -0.357 e. The molecule has 1 heterocycles. The number of anilines is 2. The van der Waals surface area contributed by atoms with Crippen LogP contribution in [0.25, 0.3) is 0 Å². The summed E-state index contributed by atoms with van der Waals surface area (Å²) in [6.07, 6.45) is -2.23. The molecular weight excluding hydrogens is 313 g/mol. The van der Waals surface area contributed by atoms with Gasteiger partial charge in [-0.2, -0.15) is 18.2 Å². The van der Waals surface area contributed by atoms with Gasteiger partial charge in [-0.05, 0) is 22.4 Å². The molecule has 0 aromatic carbocycles. The van der Waals surface area contributed by atoms with E-state index in [1.807, 2.05) is 6.92 Å². The quantitative estimate of drug-likeness (QED) is 0.902. The van der Waals surface area contributed by atoms with Crippen LogP contribution in [0.3, 0.4) is 0 Å². The molecule has 0 spiro atoms. The molecule has 8 heteroatoms. The van der Waals surface area contributed by atoms with E-state index in [1.54, 1.807) is 7.05 Å². The maximum atomic E-state index is 12.5. The van der Waals surface area contributed by atoms with Crippen molar-refractivity contribution in [3.63, 3.8) is 0 Å². The summed E-state index contributed by atoms with van der Waals surface area (Å²) in [5, 5.41) is 2.70. The lowest BCUT2D eigenvalue weighted by atomic mass is 10.3. The van der Waals surface area contributed by atoms with Crippen molar-refractivity contribution >= 4 is 27.7 Å². The molecule has 0 atom stereocenters. The second kappa shape index (κ2) is 6.21. The van der Waals surface area contributed by atoms with Crippen LogP contribution in [-0.4, -0.2) is 36.3 Å². The third-order valence-corrected chi connectivity index (χ3v) is 2.67. The van der Waals surface area contributed by atoms with Crippen molar-refractivity contribution in [3.8, 4) is 0 Å². The maximum absolute atomic E-state index is 12.5. The lowest BCUT2D eigenvalue weighted by Crippen LogP contribution is -2.35. The predicted molar refractivity (Wildman–Crippen MR) is 67.8 cm³/mol. The van der Waals surface area contributed by atoms with E-state index in [4.69, 9.17) is 0 Å². The number of hydrogen-bond donors (Lipinski definition) is 1. The van der Waals surface area contributed by atoms with E-state index in [1.165, 1.54) is 11.1 Å². The minimum absolute atomic E-state index is 0.244. The van der Waals surface area contributed by atoms with Gasteiger partial charge in [0.2, 0.25) is 5.95 Å². The number of halogens is 4. The first-order chi connectivity index (χ1) is 8.37. The van der Waals surface area contributed by atoms with Gasteiger partial charge < -0.3 is 10.2 Å². The van der Waals surface area contributed by atoms with Crippen LogP contribution in [0.15, 0.2) is 10.7 Å². The minimum atomic E-state index is -4.26. The van der Waals surface area contributed by atoms with E-state index < -0.39 is 12.7 Å². The van der Waals surface area contributed by atoms with Gasteiger partial charge in [-0.25, -0.2) is 4.98 Å². The summed E-state index contributed by atoms with van der Waals surface area (Å²) in [5.74, 6) is 0.532. The van der Waals surface area contributed by atoms with Crippen LogP contribution in [-0.2, 0) is 0 Å². The summed E-state index contributed by atoms with van der Waals surface area (Å²) in [5.41, 5.74) is 0. The number of nitrogens with zero attached hydrogens (tertiary/aromatic N) is 3. The highest BCUT2D eigenvalue weighted by atomic mass is 79.9. The number of alkyl halides is 3. The molecule has 0 unspecified atom stereocenters. The lowest BCUT2D eigenvalue weighted by Gasteiger charge is -2.25. The number of rotatable bonds is 5. The Morgan fingerprint density at radius 3 is 2.61 bits per heavy atom. The molecule has 0 aliphatic rings. The monoisotopic (exact) mass is 326 g/mol. The van der Waals surface area contributed by atoms with Gasteiger partial charge in [-0.1, -0.05) is 6.92 Å². The van der Waals surface area contributed by atoms with Gasteiger partial charge in [0.05, 0.1) is 4.47 Å². The Bertz CT molecular complexity index is 397. The third kappa shape index (κ3) is 4.32. The number of hydrogen-bond acceptors (Lipinski definition) is 4. The van der Waals surface area contributed by atoms with E-state index in [2.05, 4.69) is 31.2 Å². The normalized spacial score (nSPS) is 11.4. The van der Waals surface area contributed by atoms with Gasteiger partial charge in [0.15, 0.2) is 0 Å². The summed E-state index contributed by atoms with van der Waals surface area (Å²) in [7, 11) is 1.61. The topological polar surface area (TPSA) is 41.1 Å². The molecule has 0 saturated carbocycles. The predicted octanol–water partition coefficient (Wildman–Crippen LogP) is 3.06. The Kier molecular flexibility index (Phi) is 5.18. The first-order valence-electron chi connectivity index (χ1n) is 5.39. The fourth-order valence-electron chi connectivity index (χ4n) is 1.45. The van der Waals surface area contributed by atoms with E-state index in [-0.39, 0.29) is 18.3 Å². The Hall–Kier alpha value is -1.05. The van der Waals surface area contributed by atoms with Gasteiger partial charge in [0, 0.05) is 19.8 Å². The standard InChI is InChI=1S/C10H14BrF3N4/c1-3-4-18(6-10(12,13)14)8-7(11)5-16-9(15-2)17-8/h5H,3-4,6H2,1-2H3,(H,15,16,17). The zero-order valence-electron chi connectivity index (χ0n) is 10.1. The van der Waals surface area contributed by atoms with Crippen LogP contribution >= 0.6 is 15.9 Å². The second-order valence-electron chi connectivity index (χ2n) is 3.65. The molecule has 0 bridgehead atoms. The number of nitrogens with one attached hydrogen (secondary N) is 1. The summed E-state index contributed by atoms with van der Waals surface area (Å²) in [6, 6.07) is 0. The molecule has 0 saturated heterocycles. The molecule has 0 radical (unpaired) electrons. The first-order valence-corrected chi connectivity index (χ1v) is 6.18. The van der Waals surface area contributed by atoms with Crippen LogP contribution in [0.4, 0.5) is 24.9 Å². The van der Waals surface area contributed by atoms with Crippen molar-refractivity contribution < 1.29 is 13.2 Å². The molecule has 0 aliphatic heterocycles. The highest BCUT2D eigenvalue weighted by Crippen LogP contribution is 2.27. The molecule has 1 N–H and O–H groups in total. The fraction of sp³-hybridized carbons (Fsp3) is 0.600. The molecule has 0 aliphatic carbocycles. The van der Waals surface area contributed by atoms with E-state index in [0.29, 0.717) is 10.9 Å². The average Bonchev–Trinajstić information content (AvgIpc) is 2.27. The van der Waals surface area contributed by atoms with Gasteiger partial charge >= 0.3 is 6.18 Å². The summed E-state index contributed by atoms with van der Waals surface area (Å²) in [4.78, 5) is 9.16. The van der Waals surface area contributed by atoms with Crippen molar-refractivity contribution in [2.45, 2.75) is 19.5 Å². The van der Waals surface area contributed by atoms with Gasteiger partial charge in [0.1, 0.15) is 12.4 Å². The first kappa shape index (κ1) is 15.0. The molecule has 102 valence electrons. The van der Waals surface area contributed by atoms with Crippen LogP contribution in [0.5, 0.6) is 0 Å². The molecule has 4 nitrogen and oxygen atoms in total. The SMILES string of the molecule is CCCN(CC(F)(F)F)c1nc(NC)ncc1Br. The molecular formula is C10H14BrF3N4. The van der Waals surface area contributed by atoms with Gasteiger partial charge in [-0.15, -0.1) is 0 Å². The smallest absolute Gasteiger partial charge is 0.357 e. The Labute approximate surface area is 112 Å². The Morgan fingerprint density at radius 2 is 2.11 bits per heavy atom. The van der Waals surface area contributed by atoms with Gasteiger partial charge in [-0.3, -0.25) is 0 Å². The highest BCUT2D eigenvalue weighted by Gasteiger charge is 2.31. The van der Waals surface area contributed by atoms with Crippen molar-refractivity contribution in [3.05, 3.63) is 10.7 Å². The third-order valence-electron chi connectivity index (χ3n) is 2.11. The zero-order chi connectivity index (χ0) is 13.8. The Morgan fingerprint density at radius 1 is 1.44 bits per heavy atom. The van der Waals surface area contributed by atoms with E-state index in [9.17, 15) is 13.2 Å². The zero-order valence-corrected chi connectivity index (χ0v) is 11.6. The van der Waals surface area contributed by atoms with Crippen LogP contribution in [0.2, 0.25) is 0 Å². The summed E-state index contributed by atoms with van der Waals surface area (Å²) in [6.45, 7) is 1.06. The number of aromatic nitrogens is 2. The van der Waals surface area contributed by atoms with Crippen molar-refractivity contribution in [1.82, 2.24) is 9.97 Å². The molecule has 1 rings (SSSR count). The largest absolute Gasteiger partial charge is 0.405 e. The van der Waals surface area contributed by atoms with Crippen molar-refractivity contribution in [2.75, 3.05) is 30.4 Å². The lowest BCUT2D eigenvalue weighted by molar-refractivity contribution is -0.119. The molecule has 0 fully saturated rings. The average molecular weight is 327 g/mol. The Balaban J connectivity index is 3.04. The van der Waals surface area contributed by atoms with Crippen molar-refractivity contribution in [2.24, 2.45) is 0 Å². The van der Waals surface area contributed by atoms with E-state index in [0.717, 1.165) is 0 Å². The van der Waals surface area contributed by atoms with Gasteiger partial charge in [0.25, 0.3) is 0 Å². The maximum Gasteiger partial charge on any atom is 0.405 e. The molecule has 1 aromatic rings. The molecule has 0 amide bonds. The van der Waals surface area contributed by atoms with Crippen LogP contribution < -0.4 is 10.2 Å². The molecule has 18 heavy (non-hydrogen) atoms. The highest BCUT2D eigenvalue weighted by molar-refractivity contribution is 9.10. The van der Waals surface area contributed by atoms with Crippen molar-refractivity contribution in [1.29, 1.82) is 0 Å². The molecule has 1 aromatic heterocycles. The second-order valence-corrected chi connectivity index (χ2v) is 4.51. The summed E-state index contributed by atoms with van der Waals surface area (Å²) >= 11 is 3.18. The summed E-state index contributed by atoms with van der Waals surface area (Å²) < 4.78 is 38.0. The fourth-order valence-corrected chi connectivity index (χ4v) is 1.89. The van der Waals surface area contributed by atoms with Crippen LogP contribution in [0.1, 0.15) is 13.3 Å². The van der Waals surface area contributed by atoms with E-state index >= 15 is 0 Å². The van der Waals surface area contributed by atoms with Crippen LogP contribution in [0, 0.1) is 0 Å².